The van der Waals surface area contributed by atoms with Crippen LogP contribution in [0.25, 0.3) is 0 Å². The van der Waals surface area contributed by atoms with Gasteiger partial charge in [0.25, 0.3) is 0 Å². The third kappa shape index (κ3) is 5.22. The van der Waals surface area contributed by atoms with E-state index in [-0.39, 0.29) is 11.6 Å². The minimum Gasteiger partial charge on any atom is -0.342 e. The second-order valence-electron chi connectivity index (χ2n) is 7.61. The lowest BCUT2D eigenvalue weighted by atomic mass is 10.1. The summed E-state index contributed by atoms with van der Waals surface area (Å²) in [5.74, 6) is -0.403. The molecule has 152 valence electrons. The summed E-state index contributed by atoms with van der Waals surface area (Å²) in [6.45, 7) is 2.78. The van der Waals surface area contributed by atoms with Crippen molar-refractivity contribution in [2.24, 2.45) is 0 Å². The van der Waals surface area contributed by atoms with Crippen molar-refractivity contribution in [2.75, 3.05) is 0 Å². The normalized spacial score (nSPS) is 12.1. The van der Waals surface area contributed by atoms with E-state index in [1.54, 1.807) is 18.2 Å². The predicted molar refractivity (Wildman–Crippen MR) is 115 cm³/mol. The first-order valence-electron chi connectivity index (χ1n) is 10.2. The molecule has 0 saturated carbocycles. The van der Waals surface area contributed by atoms with Gasteiger partial charge in [-0.05, 0) is 30.3 Å². The van der Waals surface area contributed by atoms with E-state index in [9.17, 15) is 8.78 Å². The van der Waals surface area contributed by atoms with E-state index in [1.807, 2.05) is 48.7 Å². The SMILES string of the molecule is Fc1cccc(C[NH+](Cc2ccccc2)Cc2cccn2Cc2ccccc2F)c1. The molecule has 1 aromatic heterocycles. The first-order chi connectivity index (χ1) is 14.7. The fourth-order valence-corrected chi connectivity index (χ4v) is 3.84. The number of hydrogen-bond acceptors (Lipinski definition) is 0. The van der Waals surface area contributed by atoms with Crippen LogP contribution in [0.3, 0.4) is 0 Å². The number of halogens is 2. The van der Waals surface area contributed by atoms with E-state index in [0.717, 1.165) is 24.3 Å². The molecule has 2 nitrogen and oxygen atoms in total. The Hall–Kier alpha value is -3.24. The quantitative estimate of drug-likeness (QED) is 0.440. The lowest BCUT2D eigenvalue weighted by Crippen LogP contribution is -3.08. The number of aromatic nitrogens is 1. The van der Waals surface area contributed by atoms with Crippen molar-refractivity contribution in [3.63, 3.8) is 0 Å². The van der Waals surface area contributed by atoms with Crippen LogP contribution in [0.1, 0.15) is 22.4 Å². The molecule has 1 atom stereocenters. The topological polar surface area (TPSA) is 9.37 Å². The highest BCUT2D eigenvalue weighted by Crippen LogP contribution is 2.11. The van der Waals surface area contributed by atoms with Crippen LogP contribution in [0.4, 0.5) is 8.78 Å². The Morgan fingerprint density at radius 2 is 1.40 bits per heavy atom. The summed E-state index contributed by atoms with van der Waals surface area (Å²) in [6, 6.07) is 28.1. The van der Waals surface area contributed by atoms with Gasteiger partial charge in [-0.25, -0.2) is 8.78 Å². The standard InChI is InChI=1S/C26H24F2N2/c27-24-12-6-10-22(16-24)18-29(17-21-8-2-1-3-9-21)20-25-13-7-15-30(25)19-23-11-4-5-14-26(23)28/h1-16H,17-20H2/p+1. The van der Waals surface area contributed by atoms with E-state index < -0.39 is 0 Å². The van der Waals surface area contributed by atoms with Gasteiger partial charge in [0, 0.05) is 22.9 Å². The first-order valence-corrected chi connectivity index (χ1v) is 10.2. The molecule has 0 spiro atoms. The number of hydrogen-bond donors (Lipinski definition) is 1. The highest BCUT2D eigenvalue weighted by Gasteiger charge is 2.15. The highest BCUT2D eigenvalue weighted by atomic mass is 19.1. The second kappa shape index (κ2) is 9.51. The Labute approximate surface area is 176 Å². The van der Waals surface area contributed by atoms with Crippen molar-refractivity contribution in [3.8, 4) is 0 Å². The monoisotopic (exact) mass is 403 g/mol. The zero-order chi connectivity index (χ0) is 20.8. The van der Waals surface area contributed by atoms with Crippen LogP contribution in [-0.4, -0.2) is 4.57 Å². The van der Waals surface area contributed by atoms with Gasteiger partial charge in [0.2, 0.25) is 0 Å². The molecular formula is C26H25F2N2+. The van der Waals surface area contributed by atoms with Gasteiger partial charge in [-0.3, -0.25) is 0 Å². The summed E-state index contributed by atoms with van der Waals surface area (Å²) in [6.07, 6.45) is 1.99. The van der Waals surface area contributed by atoms with Crippen LogP contribution in [0, 0.1) is 11.6 Å². The number of benzene rings is 3. The molecule has 4 aromatic rings. The van der Waals surface area contributed by atoms with Crippen molar-refractivity contribution < 1.29 is 13.7 Å². The fraction of sp³-hybridized carbons (Fsp3) is 0.154. The molecule has 0 bridgehead atoms. The summed E-state index contributed by atoms with van der Waals surface area (Å²) in [5.41, 5.74) is 3.99. The number of nitrogens with zero attached hydrogens (tertiary/aromatic N) is 1. The Morgan fingerprint density at radius 3 is 2.20 bits per heavy atom. The van der Waals surface area contributed by atoms with Gasteiger partial charge in [-0.15, -0.1) is 0 Å². The third-order valence-electron chi connectivity index (χ3n) is 5.29. The molecule has 0 aliphatic heterocycles. The first kappa shape index (κ1) is 20.0. The lowest BCUT2D eigenvalue weighted by Gasteiger charge is -2.21. The summed E-state index contributed by atoms with van der Waals surface area (Å²) in [5, 5.41) is 0. The Bertz CT molecular complexity index is 1090. The van der Waals surface area contributed by atoms with Crippen molar-refractivity contribution in [3.05, 3.63) is 131 Å². The Balaban J connectivity index is 1.56. The molecule has 1 heterocycles. The summed E-state index contributed by atoms with van der Waals surface area (Å²) in [7, 11) is 0. The molecule has 0 aliphatic carbocycles. The molecule has 4 heteroatoms. The van der Waals surface area contributed by atoms with Crippen LogP contribution in [-0.2, 0) is 26.2 Å². The summed E-state index contributed by atoms with van der Waals surface area (Å²) in [4.78, 5) is 1.29. The van der Waals surface area contributed by atoms with Crippen molar-refractivity contribution >= 4 is 0 Å². The van der Waals surface area contributed by atoms with Crippen LogP contribution >= 0.6 is 0 Å². The second-order valence-corrected chi connectivity index (χ2v) is 7.61. The molecule has 0 radical (unpaired) electrons. The van der Waals surface area contributed by atoms with E-state index in [0.29, 0.717) is 18.7 Å². The average Bonchev–Trinajstić information content (AvgIpc) is 3.17. The van der Waals surface area contributed by atoms with Gasteiger partial charge in [-0.2, -0.15) is 0 Å². The van der Waals surface area contributed by atoms with E-state index in [2.05, 4.69) is 22.8 Å². The molecule has 0 saturated heterocycles. The van der Waals surface area contributed by atoms with Gasteiger partial charge >= 0.3 is 0 Å². The van der Waals surface area contributed by atoms with Gasteiger partial charge < -0.3 is 9.47 Å². The van der Waals surface area contributed by atoms with Crippen molar-refractivity contribution in [1.82, 2.24) is 4.57 Å². The molecular weight excluding hydrogens is 378 g/mol. The van der Waals surface area contributed by atoms with Crippen molar-refractivity contribution in [2.45, 2.75) is 26.2 Å². The fourth-order valence-electron chi connectivity index (χ4n) is 3.84. The van der Waals surface area contributed by atoms with Crippen LogP contribution < -0.4 is 4.90 Å². The zero-order valence-corrected chi connectivity index (χ0v) is 16.8. The molecule has 1 N–H and O–H groups in total. The van der Waals surface area contributed by atoms with E-state index in [1.165, 1.54) is 22.6 Å². The van der Waals surface area contributed by atoms with Gasteiger partial charge in [0.1, 0.15) is 31.3 Å². The van der Waals surface area contributed by atoms with Crippen LogP contribution in [0.2, 0.25) is 0 Å². The molecule has 0 amide bonds. The van der Waals surface area contributed by atoms with Gasteiger partial charge in [0.15, 0.2) is 0 Å². The van der Waals surface area contributed by atoms with Gasteiger partial charge in [0.05, 0.1) is 12.2 Å². The predicted octanol–water partition coefficient (Wildman–Crippen LogP) is 4.60. The number of nitrogens with one attached hydrogen (secondary N) is 1. The van der Waals surface area contributed by atoms with E-state index >= 15 is 0 Å². The molecule has 0 fully saturated rings. The Kier molecular flexibility index (Phi) is 6.35. The summed E-state index contributed by atoms with van der Waals surface area (Å²) < 4.78 is 29.9. The number of quaternary nitrogens is 1. The number of rotatable bonds is 8. The molecule has 3 aromatic carbocycles. The molecule has 0 aliphatic rings. The average molecular weight is 403 g/mol. The van der Waals surface area contributed by atoms with Gasteiger partial charge in [-0.1, -0.05) is 60.7 Å². The largest absolute Gasteiger partial charge is 0.342 e. The molecule has 4 rings (SSSR count). The third-order valence-corrected chi connectivity index (χ3v) is 5.29. The smallest absolute Gasteiger partial charge is 0.128 e. The minimum absolute atomic E-state index is 0.189. The molecule has 30 heavy (non-hydrogen) atoms. The summed E-state index contributed by atoms with van der Waals surface area (Å²) >= 11 is 0. The highest BCUT2D eigenvalue weighted by molar-refractivity contribution is 5.20. The maximum atomic E-state index is 14.1. The van der Waals surface area contributed by atoms with Crippen LogP contribution in [0.15, 0.2) is 97.2 Å². The van der Waals surface area contributed by atoms with Crippen LogP contribution in [0.5, 0.6) is 0 Å². The maximum Gasteiger partial charge on any atom is 0.128 e. The lowest BCUT2D eigenvalue weighted by molar-refractivity contribution is -0.941. The zero-order valence-electron chi connectivity index (χ0n) is 16.8. The van der Waals surface area contributed by atoms with E-state index in [4.69, 9.17) is 0 Å². The Morgan fingerprint density at radius 1 is 0.667 bits per heavy atom. The molecule has 1 unspecified atom stereocenters. The minimum atomic E-state index is -0.213. The maximum absolute atomic E-state index is 14.1. The van der Waals surface area contributed by atoms with Crippen molar-refractivity contribution in [1.29, 1.82) is 0 Å².